The van der Waals surface area contributed by atoms with Crippen LogP contribution in [-0.2, 0) is 0 Å². The Balaban J connectivity index is 2.65. The molecule has 0 radical (unpaired) electrons. The molecule has 1 aromatic rings. The Labute approximate surface area is 84.0 Å². The highest BCUT2D eigenvalue weighted by atomic mass is 15.0. The van der Waals surface area contributed by atoms with Crippen molar-refractivity contribution >= 4 is 5.69 Å². The molecule has 4 nitrogen and oxygen atoms in total. The van der Waals surface area contributed by atoms with Gasteiger partial charge in [0.25, 0.3) is 0 Å². The summed E-state index contributed by atoms with van der Waals surface area (Å²) in [5.41, 5.74) is 0.852. The van der Waals surface area contributed by atoms with E-state index in [9.17, 15) is 0 Å². The van der Waals surface area contributed by atoms with Crippen molar-refractivity contribution in [3.05, 3.63) is 18.2 Å². The molecule has 1 atom stereocenters. The van der Waals surface area contributed by atoms with E-state index >= 15 is 0 Å². The van der Waals surface area contributed by atoms with Crippen molar-refractivity contribution in [2.24, 2.45) is 5.92 Å². The first kappa shape index (κ1) is 10.5. The monoisotopic (exact) mass is 190 g/mol. The van der Waals surface area contributed by atoms with E-state index in [-0.39, 0.29) is 5.82 Å². The molecule has 0 fully saturated rings. The van der Waals surface area contributed by atoms with E-state index in [2.05, 4.69) is 36.1 Å². The molecular weight excluding hydrogens is 176 g/mol. The van der Waals surface area contributed by atoms with Gasteiger partial charge >= 0.3 is 0 Å². The van der Waals surface area contributed by atoms with Crippen LogP contribution in [0.25, 0.3) is 0 Å². The van der Waals surface area contributed by atoms with Crippen molar-refractivity contribution in [2.45, 2.75) is 26.8 Å². The smallest absolute Gasteiger partial charge is 0.232 e. The highest BCUT2D eigenvalue weighted by molar-refractivity contribution is 5.39. The van der Waals surface area contributed by atoms with Crippen LogP contribution in [0.2, 0.25) is 0 Å². The molecule has 74 valence electrons. The number of aromatic nitrogens is 2. The van der Waals surface area contributed by atoms with Gasteiger partial charge in [0.2, 0.25) is 5.82 Å². The van der Waals surface area contributed by atoms with Crippen LogP contribution in [0.4, 0.5) is 5.69 Å². The summed E-state index contributed by atoms with van der Waals surface area (Å²) in [5, 5.41) is 11.8. The molecule has 1 N–H and O–H groups in total. The number of rotatable bonds is 3. The second-order valence-corrected chi connectivity index (χ2v) is 3.58. The summed E-state index contributed by atoms with van der Waals surface area (Å²) in [5.74, 6) is 0.749. The van der Waals surface area contributed by atoms with Crippen molar-refractivity contribution in [2.75, 3.05) is 5.32 Å². The SMILES string of the molecule is CC(C)C(C)Nc1cnc(C#N)nc1. The summed E-state index contributed by atoms with van der Waals surface area (Å²) in [6.07, 6.45) is 3.26. The topological polar surface area (TPSA) is 61.6 Å². The minimum Gasteiger partial charge on any atom is -0.380 e. The normalized spacial score (nSPS) is 12.2. The Kier molecular flexibility index (Phi) is 3.41. The number of nitriles is 1. The summed E-state index contributed by atoms with van der Waals surface area (Å²) in [6.45, 7) is 6.38. The van der Waals surface area contributed by atoms with Crippen LogP contribution in [0.5, 0.6) is 0 Å². The highest BCUT2D eigenvalue weighted by Gasteiger charge is 2.06. The fraction of sp³-hybridized carbons (Fsp3) is 0.500. The maximum absolute atomic E-state index is 8.50. The summed E-state index contributed by atoms with van der Waals surface area (Å²) in [7, 11) is 0. The van der Waals surface area contributed by atoms with Gasteiger partial charge in [0.1, 0.15) is 6.07 Å². The molecule has 0 bridgehead atoms. The van der Waals surface area contributed by atoms with Crippen LogP contribution >= 0.6 is 0 Å². The molecule has 4 heteroatoms. The standard InChI is InChI=1S/C10H14N4/c1-7(2)8(3)14-9-5-12-10(4-11)13-6-9/h5-8,14H,1-3H3. The van der Waals surface area contributed by atoms with Gasteiger partial charge in [-0.2, -0.15) is 5.26 Å². The maximum Gasteiger partial charge on any atom is 0.232 e. The van der Waals surface area contributed by atoms with Crippen LogP contribution in [0.15, 0.2) is 12.4 Å². The number of anilines is 1. The lowest BCUT2D eigenvalue weighted by molar-refractivity contribution is 0.559. The van der Waals surface area contributed by atoms with Crippen molar-refractivity contribution in [3.63, 3.8) is 0 Å². The lowest BCUT2D eigenvalue weighted by atomic mass is 10.1. The molecule has 0 saturated heterocycles. The van der Waals surface area contributed by atoms with Crippen LogP contribution in [0.3, 0.4) is 0 Å². The summed E-state index contributed by atoms with van der Waals surface area (Å²) >= 11 is 0. The highest BCUT2D eigenvalue weighted by Crippen LogP contribution is 2.09. The molecule has 0 aromatic carbocycles. The average Bonchev–Trinajstić information content (AvgIpc) is 2.19. The molecule has 0 aliphatic rings. The van der Waals surface area contributed by atoms with E-state index < -0.39 is 0 Å². The molecule has 0 saturated carbocycles. The maximum atomic E-state index is 8.50. The second kappa shape index (κ2) is 4.56. The van der Waals surface area contributed by atoms with Gasteiger partial charge in [0, 0.05) is 6.04 Å². The molecular formula is C10H14N4. The van der Waals surface area contributed by atoms with Crippen LogP contribution < -0.4 is 5.32 Å². The minimum atomic E-state index is 0.202. The summed E-state index contributed by atoms with van der Waals surface area (Å²) < 4.78 is 0. The number of nitrogens with one attached hydrogen (secondary N) is 1. The molecule has 1 unspecified atom stereocenters. The zero-order chi connectivity index (χ0) is 10.6. The Hall–Kier alpha value is -1.63. The first-order valence-corrected chi connectivity index (χ1v) is 4.62. The average molecular weight is 190 g/mol. The van der Waals surface area contributed by atoms with Crippen LogP contribution in [-0.4, -0.2) is 16.0 Å². The second-order valence-electron chi connectivity index (χ2n) is 3.58. The van der Waals surface area contributed by atoms with Gasteiger partial charge < -0.3 is 5.32 Å². The minimum absolute atomic E-state index is 0.202. The van der Waals surface area contributed by atoms with Crippen molar-refractivity contribution in [1.29, 1.82) is 5.26 Å². The molecule has 1 aromatic heterocycles. The van der Waals surface area contributed by atoms with Crippen molar-refractivity contribution in [3.8, 4) is 6.07 Å². The Bertz CT molecular complexity index is 323. The Morgan fingerprint density at radius 1 is 1.29 bits per heavy atom. The predicted octanol–water partition coefficient (Wildman–Crippen LogP) is 1.80. The Morgan fingerprint density at radius 3 is 2.29 bits per heavy atom. The van der Waals surface area contributed by atoms with Gasteiger partial charge in [-0.15, -0.1) is 0 Å². The molecule has 14 heavy (non-hydrogen) atoms. The van der Waals surface area contributed by atoms with E-state index in [0.717, 1.165) is 5.69 Å². The summed E-state index contributed by atoms with van der Waals surface area (Å²) in [4.78, 5) is 7.75. The van der Waals surface area contributed by atoms with E-state index in [0.29, 0.717) is 12.0 Å². The van der Waals surface area contributed by atoms with Gasteiger partial charge in [-0.25, -0.2) is 9.97 Å². The lowest BCUT2D eigenvalue weighted by Crippen LogP contribution is -2.21. The van der Waals surface area contributed by atoms with Gasteiger partial charge in [-0.3, -0.25) is 0 Å². The molecule has 0 aliphatic heterocycles. The van der Waals surface area contributed by atoms with E-state index in [1.807, 2.05) is 6.07 Å². The van der Waals surface area contributed by atoms with Gasteiger partial charge in [-0.05, 0) is 12.8 Å². The first-order valence-electron chi connectivity index (χ1n) is 4.62. The zero-order valence-electron chi connectivity index (χ0n) is 8.65. The molecule has 0 amide bonds. The largest absolute Gasteiger partial charge is 0.380 e. The van der Waals surface area contributed by atoms with Crippen molar-refractivity contribution in [1.82, 2.24) is 9.97 Å². The van der Waals surface area contributed by atoms with E-state index in [4.69, 9.17) is 5.26 Å². The third kappa shape index (κ3) is 2.70. The van der Waals surface area contributed by atoms with Gasteiger partial charge in [0.05, 0.1) is 18.1 Å². The van der Waals surface area contributed by atoms with Crippen molar-refractivity contribution < 1.29 is 0 Å². The van der Waals surface area contributed by atoms with Crippen LogP contribution in [0.1, 0.15) is 26.6 Å². The molecule has 0 spiro atoms. The number of hydrogen-bond donors (Lipinski definition) is 1. The van der Waals surface area contributed by atoms with Gasteiger partial charge in [0.15, 0.2) is 0 Å². The third-order valence-corrected chi connectivity index (χ3v) is 2.15. The Morgan fingerprint density at radius 2 is 1.86 bits per heavy atom. The zero-order valence-corrected chi connectivity index (χ0v) is 8.65. The molecule has 0 aliphatic carbocycles. The quantitative estimate of drug-likeness (QED) is 0.789. The predicted molar refractivity (Wildman–Crippen MR) is 54.7 cm³/mol. The lowest BCUT2D eigenvalue weighted by Gasteiger charge is -2.17. The number of nitrogens with zero attached hydrogens (tertiary/aromatic N) is 3. The van der Waals surface area contributed by atoms with Gasteiger partial charge in [-0.1, -0.05) is 13.8 Å². The summed E-state index contributed by atoms with van der Waals surface area (Å²) in [6, 6.07) is 2.25. The third-order valence-electron chi connectivity index (χ3n) is 2.15. The van der Waals surface area contributed by atoms with E-state index in [1.54, 1.807) is 12.4 Å². The van der Waals surface area contributed by atoms with Crippen LogP contribution in [0, 0.1) is 17.2 Å². The fourth-order valence-electron chi connectivity index (χ4n) is 0.890. The number of hydrogen-bond acceptors (Lipinski definition) is 4. The first-order chi connectivity index (χ1) is 6.63. The molecule has 1 rings (SSSR count). The molecule has 1 heterocycles. The fourth-order valence-corrected chi connectivity index (χ4v) is 0.890. The van der Waals surface area contributed by atoms with E-state index in [1.165, 1.54) is 0 Å².